The zero-order valence-electron chi connectivity index (χ0n) is 14.9. The van der Waals surface area contributed by atoms with E-state index in [4.69, 9.17) is 23.2 Å². The number of halogens is 2. The first-order valence-electron chi connectivity index (χ1n) is 8.74. The number of benzene rings is 3. The van der Waals surface area contributed by atoms with Crippen molar-refractivity contribution in [2.45, 2.75) is 19.9 Å². The second kappa shape index (κ2) is 8.94. The highest BCUT2D eigenvalue weighted by molar-refractivity contribution is 6.36. The quantitative estimate of drug-likeness (QED) is 0.502. The Kier molecular flexibility index (Phi) is 6.38. The smallest absolute Gasteiger partial charge is 0.255 e. The highest BCUT2D eigenvalue weighted by Gasteiger charge is 2.10. The van der Waals surface area contributed by atoms with Gasteiger partial charge in [0.2, 0.25) is 0 Å². The Morgan fingerprint density at radius 3 is 2.52 bits per heavy atom. The number of carbonyl (C=O) groups excluding carboxylic acids is 1. The summed E-state index contributed by atoms with van der Waals surface area (Å²) in [5.74, 6) is -0.213. The molecule has 0 saturated carbocycles. The molecule has 0 radical (unpaired) electrons. The monoisotopic (exact) mass is 398 g/mol. The van der Waals surface area contributed by atoms with E-state index in [0.29, 0.717) is 27.8 Å². The molecule has 0 heterocycles. The van der Waals surface area contributed by atoms with Crippen molar-refractivity contribution in [3.05, 3.63) is 93.5 Å². The minimum absolute atomic E-state index is 0.213. The molecule has 3 aromatic rings. The maximum absolute atomic E-state index is 12.6. The van der Waals surface area contributed by atoms with E-state index in [0.717, 1.165) is 17.7 Å². The maximum Gasteiger partial charge on any atom is 0.255 e. The van der Waals surface area contributed by atoms with E-state index in [1.165, 1.54) is 5.56 Å². The fraction of sp³-hybridized carbons (Fsp3) is 0.136. The van der Waals surface area contributed by atoms with Gasteiger partial charge in [0.05, 0.1) is 10.7 Å². The number of amides is 1. The van der Waals surface area contributed by atoms with Crippen molar-refractivity contribution in [2.24, 2.45) is 0 Å². The van der Waals surface area contributed by atoms with E-state index in [9.17, 15) is 4.79 Å². The molecule has 3 aromatic carbocycles. The van der Waals surface area contributed by atoms with Gasteiger partial charge < -0.3 is 10.6 Å². The third-order valence-electron chi connectivity index (χ3n) is 4.25. The molecule has 0 saturated heterocycles. The van der Waals surface area contributed by atoms with Gasteiger partial charge in [0, 0.05) is 22.8 Å². The number of rotatable bonds is 6. The zero-order valence-corrected chi connectivity index (χ0v) is 16.4. The van der Waals surface area contributed by atoms with Crippen molar-refractivity contribution in [3.63, 3.8) is 0 Å². The third-order valence-corrected chi connectivity index (χ3v) is 4.80. The van der Waals surface area contributed by atoms with E-state index in [1.807, 2.05) is 30.3 Å². The van der Waals surface area contributed by atoms with Crippen LogP contribution in [0.25, 0.3) is 0 Å². The average Bonchev–Trinajstić information content (AvgIpc) is 2.69. The Morgan fingerprint density at radius 2 is 1.74 bits per heavy atom. The van der Waals surface area contributed by atoms with Crippen LogP contribution in [0.3, 0.4) is 0 Å². The first-order chi connectivity index (χ1) is 13.1. The van der Waals surface area contributed by atoms with Gasteiger partial charge in [0.25, 0.3) is 5.91 Å². The van der Waals surface area contributed by atoms with Gasteiger partial charge in [-0.1, -0.05) is 60.5 Å². The van der Waals surface area contributed by atoms with Crippen molar-refractivity contribution in [3.8, 4) is 0 Å². The summed E-state index contributed by atoms with van der Waals surface area (Å²) >= 11 is 12.0. The molecule has 5 heteroatoms. The van der Waals surface area contributed by atoms with Gasteiger partial charge in [0.15, 0.2) is 0 Å². The van der Waals surface area contributed by atoms with Crippen LogP contribution in [0.1, 0.15) is 28.4 Å². The molecule has 3 rings (SSSR count). The number of anilines is 2. The molecule has 0 aliphatic rings. The van der Waals surface area contributed by atoms with E-state index >= 15 is 0 Å². The lowest BCUT2D eigenvalue weighted by molar-refractivity contribution is 0.102. The van der Waals surface area contributed by atoms with Crippen LogP contribution in [0.15, 0.2) is 66.7 Å². The topological polar surface area (TPSA) is 41.1 Å². The van der Waals surface area contributed by atoms with Crippen LogP contribution in [0, 0.1) is 0 Å². The number of hydrogen-bond acceptors (Lipinski definition) is 2. The highest BCUT2D eigenvalue weighted by Crippen LogP contribution is 2.26. The van der Waals surface area contributed by atoms with Crippen LogP contribution in [-0.2, 0) is 13.0 Å². The lowest BCUT2D eigenvalue weighted by Crippen LogP contribution is -2.13. The molecule has 138 valence electrons. The van der Waals surface area contributed by atoms with Gasteiger partial charge >= 0.3 is 0 Å². The first kappa shape index (κ1) is 19.3. The molecule has 1 amide bonds. The molecule has 0 fully saturated rings. The maximum atomic E-state index is 12.6. The first-order valence-corrected chi connectivity index (χ1v) is 9.49. The Labute approximate surface area is 169 Å². The summed E-state index contributed by atoms with van der Waals surface area (Å²) in [6, 6.07) is 20.7. The Hall–Kier alpha value is -2.49. The molecule has 0 aliphatic heterocycles. The molecule has 27 heavy (non-hydrogen) atoms. The zero-order chi connectivity index (χ0) is 19.2. The summed E-state index contributed by atoms with van der Waals surface area (Å²) in [6.07, 6.45) is 0.966. The molecule has 0 unspecified atom stereocenters. The van der Waals surface area contributed by atoms with Gasteiger partial charge in [-0.2, -0.15) is 0 Å². The fourth-order valence-electron chi connectivity index (χ4n) is 2.81. The highest BCUT2D eigenvalue weighted by atomic mass is 35.5. The molecule has 0 aliphatic carbocycles. The minimum atomic E-state index is -0.213. The van der Waals surface area contributed by atoms with Crippen molar-refractivity contribution in [2.75, 3.05) is 10.6 Å². The van der Waals surface area contributed by atoms with Crippen molar-refractivity contribution in [1.29, 1.82) is 0 Å². The molecule has 3 nitrogen and oxygen atoms in total. The number of nitrogens with one attached hydrogen (secondary N) is 2. The number of para-hydroxylation sites is 1. The lowest BCUT2D eigenvalue weighted by atomic mass is 10.1. The summed E-state index contributed by atoms with van der Waals surface area (Å²) in [5, 5.41) is 7.20. The summed E-state index contributed by atoms with van der Waals surface area (Å²) < 4.78 is 0. The van der Waals surface area contributed by atoms with Crippen LogP contribution < -0.4 is 10.6 Å². The number of aryl methyl sites for hydroxylation is 1. The lowest BCUT2D eigenvalue weighted by Gasteiger charge is -2.12. The molecular weight excluding hydrogens is 379 g/mol. The molecule has 2 N–H and O–H groups in total. The molecule has 0 bridgehead atoms. The second-order valence-electron chi connectivity index (χ2n) is 6.14. The summed E-state index contributed by atoms with van der Waals surface area (Å²) in [4.78, 5) is 12.6. The largest absolute Gasteiger partial charge is 0.381 e. The molecular formula is C22H20Cl2N2O. The fourth-order valence-corrected chi connectivity index (χ4v) is 3.26. The normalized spacial score (nSPS) is 10.5. The van der Waals surface area contributed by atoms with Gasteiger partial charge in [0.1, 0.15) is 0 Å². The van der Waals surface area contributed by atoms with Gasteiger partial charge in [-0.25, -0.2) is 0 Å². The van der Waals surface area contributed by atoms with E-state index in [1.54, 1.807) is 24.3 Å². The third kappa shape index (κ3) is 5.03. The predicted molar refractivity (Wildman–Crippen MR) is 114 cm³/mol. The Bertz CT molecular complexity index is 957. The molecule has 0 atom stereocenters. The van der Waals surface area contributed by atoms with Crippen molar-refractivity contribution in [1.82, 2.24) is 0 Å². The van der Waals surface area contributed by atoms with Gasteiger partial charge in [-0.3, -0.25) is 4.79 Å². The standard InChI is InChI=1S/C22H20Cl2N2O/c1-2-16-7-3-4-9-20(16)25-14-15-6-5-8-17(12-15)22(27)26-21-11-10-18(23)13-19(21)24/h3-13,25H,2,14H2,1H3,(H,26,27). The van der Waals surface area contributed by atoms with Crippen LogP contribution in [0.2, 0.25) is 10.0 Å². The number of hydrogen-bond donors (Lipinski definition) is 2. The Balaban J connectivity index is 1.70. The van der Waals surface area contributed by atoms with Crippen LogP contribution in [0.4, 0.5) is 11.4 Å². The van der Waals surface area contributed by atoms with Crippen LogP contribution >= 0.6 is 23.2 Å². The Morgan fingerprint density at radius 1 is 0.926 bits per heavy atom. The van der Waals surface area contributed by atoms with Gasteiger partial charge in [-0.05, 0) is 53.9 Å². The molecule has 0 spiro atoms. The molecule has 0 aromatic heterocycles. The van der Waals surface area contributed by atoms with Crippen molar-refractivity contribution < 1.29 is 4.79 Å². The summed E-state index contributed by atoms with van der Waals surface area (Å²) in [5.41, 5.74) is 4.51. The van der Waals surface area contributed by atoms with Crippen LogP contribution in [-0.4, -0.2) is 5.91 Å². The summed E-state index contributed by atoms with van der Waals surface area (Å²) in [6.45, 7) is 2.77. The van der Waals surface area contributed by atoms with Crippen molar-refractivity contribution >= 4 is 40.5 Å². The van der Waals surface area contributed by atoms with E-state index < -0.39 is 0 Å². The van der Waals surface area contributed by atoms with Crippen LogP contribution in [0.5, 0.6) is 0 Å². The SMILES string of the molecule is CCc1ccccc1NCc1cccc(C(=O)Nc2ccc(Cl)cc2Cl)c1. The van der Waals surface area contributed by atoms with E-state index in [2.05, 4.69) is 29.7 Å². The minimum Gasteiger partial charge on any atom is -0.381 e. The second-order valence-corrected chi connectivity index (χ2v) is 6.99. The number of carbonyl (C=O) groups is 1. The summed E-state index contributed by atoms with van der Waals surface area (Å²) in [7, 11) is 0. The average molecular weight is 399 g/mol. The van der Waals surface area contributed by atoms with Gasteiger partial charge in [-0.15, -0.1) is 0 Å². The predicted octanol–water partition coefficient (Wildman–Crippen LogP) is 6.42. The van der Waals surface area contributed by atoms with E-state index in [-0.39, 0.29) is 5.91 Å².